The zero-order chi connectivity index (χ0) is 17.7. The Bertz CT molecular complexity index is 423. The lowest BCUT2D eigenvalue weighted by Gasteiger charge is -2.45. The van der Waals surface area contributed by atoms with Gasteiger partial charge in [0.1, 0.15) is 6.10 Å². The summed E-state index contributed by atoms with van der Waals surface area (Å²) < 4.78 is 10.4. The molecule has 134 valence electrons. The van der Waals surface area contributed by atoms with E-state index in [0.29, 0.717) is 25.5 Å². The van der Waals surface area contributed by atoms with Crippen LogP contribution in [0.3, 0.4) is 0 Å². The number of hydrogen-bond donors (Lipinski definition) is 2. The Hall–Kier alpha value is -1.46. The summed E-state index contributed by atoms with van der Waals surface area (Å²) in [4.78, 5) is 22.8. The van der Waals surface area contributed by atoms with Crippen molar-refractivity contribution in [1.29, 1.82) is 0 Å². The van der Waals surface area contributed by atoms with Crippen LogP contribution in [0.15, 0.2) is 0 Å². The van der Waals surface area contributed by atoms with E-state index in [2.05, 4.69) is 39.9 Å². The maximum Gasteiger partial charge on any atom is 0.407 e. The minimum atomic E-state index is -0.740. The monoisotopic (exact) mass is 328 g/mol. The quantitative estimate of drug-likeness (QED) is 0.781. The predicted molar refractivity (Wildman–Crippen MR) is 89.0 cm³/mol. The van der Waals surface area contributed by atoms with Gasteiger partial charge in [0.2, 0.25) is 0 Å². The highest BCUT2D eigenvalue weighted by Gasteiger charge is 2.42. The largest absolute Gasteiger partial charge is 0.450 e. The van der Waals surface area contributed by atoms with Crippen molar-refractivity contribution in [2.45, 2.75) is 66.4 Å². The molecule has 2 atom stereocenters. The number of ether oxygens (including phenoxy) is 2. The first-order valence-electron chi connectivity index (χ1n) is 8.38. The van der Waals surface area contributed by atoms with Crippen LogP contribution in [0, 0.1) is 16.7 Å². The van der Waals surface area contributed by atoms with E-state index in [1.54, 1.807) is 0 Å². The fraction of sp³-hybridized carbons (Fsp3) is 0.882. The number of primary amides is 1. The van der Waals surface area contributed by atoms with E-state index in [9.17, 15) is 9.59 Å². The molecule has 6 nitrogen and oxygen atoms in total. The molecule has 2 unspecified atom stereocenters. The van der Waals surface area contributed by atoms with Gasteiger partial charge in [-0.3, -0.25) is 0 Å². The van der Waals surface area contributed by atoms with Crippen LogP contribution < -0.4 is 11.1 Å². The van der Waals surface area contributed by atoms with Crippen molar-refractivity contribution in [2.75, 3.05) is 13.2 Å². The molecule has 0 bridgehead atoms. The smallest absolute Gasteiger partial charge is 0.407 e. The van der Waals surface area contributed by atoms with Crippen LogP contribution in [0.2, 0.25) is 0 Å². The van der Waals surface area contributed by atoms with Gasteiger partial charge in [-0.2, -0.15) is 0 Å². The third-order valence-electron chi connectivity index (χ3n) is 4.28. The highest BCUT2D eigenvalue weighted by Crippen LogP contribution is 2.46. The molecule has 1 aliphatic carbocycles. The number of carbonyl (C=O) groups is 2. The SMILES string of the molecule is CC(C)CCOC(=O)NCC1(C)CC(OC(N)=O)CC(C)(C)C1. The molecule has 0 aromatic rings. The molecule has 3 N–H and O–H groups in total. The second-order valence-corrected chi connectivity index (χ2v) is 8.29. The van der Waals surface area contributed by atoms with E-state index in [0.717, 1.165) is 19.3 Å². The number of nitrogens with one attached hydrogen (secondary N) is 1. The summed E-state index contributed by atoms with van der Waals surface area (Å²) in [6.45, 7) is 11.5. The van der Waals surface area contributed by atoms with Crippen LogP contribution in [0.5, 0.6) is 0 Å². The Morgan fingerprint density at radius 2 is 1.91 bits per heavy atom. The maximum atomic E-state index is 11.8. The van der Waals surface area contributed by atoms with Crippen LogP contribution in [0.1, 0.15) is 60.3 Å². The van der Waals surface area contributed by atoms with Crippen LogP contribution in [0.25, 0.3) is 0 Å². The number of amides is 2. The minimum Gasteiger partial charge on any atom is -0.450 e. The average Bonchev–Trinajstić information content (AvgIpc) is 2.32. The molecular formula is C17H32N2O4. The lowest BCUT2D eigenvalue weighted by Crippen LogP contribution is -2.46. The van der Waals surface area contributed by atoms with Gasteiger partial charge in [-0.1, -0.05) is 34.6 Å². The molecule has 0 spiro atoms. The van der Waals surface area contributed by atoms with Gasteiger partial charge < -0.3 is 20.5 Å². The van der Waals surface area contributed by atoms with Crippen molar-refractivity contribution in [3.8, 4) is 0 Å². The zero-order valence-corrected chi connectivity index (χ0v) is 15.1. The second-order valence-electron chi connectivity index (χ2n) is 8.29. The van der Waals surface area contributed by atoms with Gasteiger partial charge in [-0.25, -0.2) is 9.59 Å². The third-order valence-corrected chi connectivity index (χ3v) is 4.28. The van der Waals surface area contributed by atoms with Crippen molar-refractivity contribution < 1.29 is 19.1 Å². The van der Waals surface area contributed by atoms with Crippen LogP contribution >= 0.6 is 0 Å². The van der Waals surface area contributed by atoms with E-state index < -0.39 is 6.09 Å². The van der Waals surface area contributed by atoms with E-state index in [1.165, 1.54) is 0 Å². The molecule has 1 aliphatic rings. The fourth-order valence-corrected chi connectivity index (χ4v) is 3.64. The Kier molecular flexibility index (Phi) is 6.71. The molecule has 23 heavy (non-hydrogen) atoms. The number of rotatable bonds is 6. The van der Waals surface area contributed by atoms with Crippen LogP contribution in [-0.2, 0) is 9.47 Å². The fourth-order valence-electron chi connectivity index (χ4n) is 3.64. The molecule has 0 aromatic carbocycles. The normalized spacial score (nSPS) is 26.6. The third kappa shape index (κ3) is 7.57. The summed E-state index contributed by atoms with van der Waals surface area (Å²) in [5.74, 6) is 0.506. The van der Waals surface area contributed by atoms with E-state index >= 15 is 0 Å². The molecule has 0 aliphatic heterocycles. The lowest BCUT2D eigenvalue weighted by molar-refractivity contribution is -0.0168. The molecule has 0 saturated heterocycles. The second kappa shape index (κ2) is 7.88. The van der Waals surface area contributed by atoms with Crippen molar-refractivity contribution in [2.24, 2.45) is 22.5 Å². The molecule has 1 rings (SSSR count). The minimum absolute atomic E-state index is 0.0242. The standard InChI is InChI=1S/C17H32N2O4/c1-12(2)6-7-22-15(21)19-11-17(5)9-13(23-14(18)20)8-16(3,4)10-17/h12-13H,6-11H2,1-5H3,(H2,18,20)(H,19,21). The Balaban J connectivity index is 2.52. The van der Waals surface area contributed by atoms with Gasteiger partial charge in [-0.15, -0.1) is 0 Å². The summed E-state index contributed by atoms with van der Waals surface area (Å²) in [5, 5.41) is 2.85. The molecule has 0 heterocycles. The molecule has 0 aromatic heterocycles. The van der Waals surface area contributed by atoms with Gasteiger partial charge in [0.15, 0.2) is 0 Å². The van der Waals surface area contributed by atoms with Crippen molar-refractivity contribution in [3.05, 3.63) is 0 Å². The van der Waals surface area contributed by atoms with Crippen molar-refractivity contribution in [3.63, 3.8) is 0 Å². The summed E-state index contributed by atoms with van der Waals surface area (Å²) in [5.41, 5.74) is 5.02. The topological polar surface area (TPSA) is 90.7 Å². The van der Waals surface area contributed by atoms with Crippen LogP contribution in [0.4, 0.5) is 9.59 Å². The van der Waals surface area contributed by atoms with E-state index in [4.69, 9.17) is 15.2 Å². The molecule has 6 heteroatoms. The van der Waals surface area contributed by atoms with E-state index in [1.807, 2.05) is 0 Å². The first-order chi connectivity index (χ1) is 10.5. The van der Waals surface area contributed by atoms with Crippen molar-refractivity contribution >= 4 is 12.2 Å². The van der Waals surface area contributed by atoms with Crippen molar-refractivity contribution in [1.82, 2.24) is 5.32 Å². The van der Waals surface area contributed by atoms with Crippen LogP contribution in [-0.4, -0.2) is 31.4 Å². The maximum absolute atomic E-state index is 11.8. The molecular weight excluding hydrogens is 296 g/mol. The Morgan fingerprint density at radius 1 is 1.26 bits per heavy atom. The summed E-state index contributed by atoms with van der Waals surface area (Å²) in [6, 6.07) is 0. The summed E-state index contributed by atoms with van der Waals surface area (Å²) >= 11 is 0. The summed E-state index contributed by atoms with van der Waals surface area (Å²) in [6.07, 6.45) is 1.92. The van der Waals surface area contributed by atoms with Gasteiger partial charge >= 0.3 is 12.2 Å². The summed E-state index contributed by atoms with van der Waals surface area (Å²) in [7, 11) is 0. The highest BCUT2D eigenvalue weighted by molar-refractivity contribution is 5.67. The predicted octanol–water partition coefficient (Wildman–Crippen LogP) is 3.44. The molecule has 2 amide bonds. The van der Waals surface area contributed by atoms with Gasteiger partial charge in [0.05, 0.1) is 6.61 Å². The number of hydrogen-bond acceptors (Lipinski definition) is 4. The van der Waals surface area contributed by atoms with E-state index in [-0.39, 0.29) is 23.0 Å². The molecule has 1 fully saturated rings. The lowest BCUT2D eigenvalue weighted by atomic mass is 9.63. The van der Waals surface area contributed by atoms with Gasteiger partial charge in [0, 0.05) is 6.54 Å². The number of carbonyl (C=O) groups excluding carboxylic acids is 2. The Labute approximate surface area is 139 Å². The zero-order valence-electron chi connectivity index (χ0n) is 15.1. The Morgan fingerprint density at radius 3 is 2.48 bits per heavy atom. The van der Waals surface area contributed by atoms with Gasteiger partial charge in [-0.05, 0) is 42.4 Å². The molecule has 1 saturated carbocycles. The number of alkyl carbamates (subject to hydrolysis) is 1. The molecule has 0 radical (unpaired) electrons. The van der Waals surface area contributed by atoms with Gasteiger partial charge in [0.25, 0.3) is 0 Å². The highest BCUT2D eigenvalue weighted by atomic mass is 16.6. The first-order valence-corrected chi connectivity index (χ1v) is 8.38. The first kappa shape index (κ1) is 19.6. The average molecular weight is 328 g/mol. The number of nitrogens with two attached hydrogens (primary N) is 1.